The van der Waals surface area contributed by atoms with E-state index in [0.29, 0.717) is 25.9 Å². The largest absolute Gasteiger partial charge is 0.461 e. The normalized spacial score (nSPS) is 31.8. The smallest absolute Gasteiger partial charge is 0.311 e. The van der Waals surface area contributed by atoms with Crippen LogP contribution in [-0.2, 0) is 19.1 Å². The topological polar surface area (TPSA) is 87.1 Å². The highest BCUT2D eigenvalue weighted by Gasteiger charge is 2.77. The van der Waals surface area contributed by atoms with Crippen LogP contribution in [0.15, 0.2) is 25.3 Å². The lowest BCUT2D eigenvalue weighted by Gasteiger charge is -2.39. The van der Waals surface area contributed by atoms with Crippen molar-refractivity contribution in [3.05, 3.63) is 25.3 Å². The maximum Gasteiger partial charge on any atom is 0.311 e. The summed E-state index contributed by atoms with van der Waals surface area (Å²) in [6.07, 6.45) is 8.74. The number of carbonyl (C=O) groups excluding carboxylic acids is 3. The number of unbranched alkanes of at least 4 members (excludes halogenated alkanes) is 2. The molecule has 0 aromatic heterocycles. The molecule has 3 saturated heterocycles. The fourth-order valence-electron chi connectivity index (χ4n) is 6.46. The second-order valence-corrected chi connectivity index (χ2v) is 12.3. The molecule has 35 heavy (non-hydrogen) atoms. The zero-order valence-corrected chi connectivity index (χ0v) is 22.4. The molecule has 0 aliphatic carbocycles. The van der Waals surface area contributed by atoms with E-state index in [9.17, 15) is 19.5 Å². The SMILES string of the molecule is C=CCOC(=O)[C@H]1[C@H]2C(=O)N(CCCCCO)C(C(=O)N(CC=C)C(C)CCC)C23CC[C@]1(C)S3. The summed E-state index contributed by atoms with van der Waals surface area (Å²) in [5.74, 6) is -1.66. The van der Waals surface area contributed by atoms with Gasteiger partial charge in [-0.05, 0) is 52.4 Å². The molecule has 3 aliphatic rings. The molecule has 3 aliphatic heterocycles. The van der Waals surface area contributed by atoms with Crippen LogP contribution in [0, 0.1) is 11.8 Å². The predicted octanol–water partition coefficient (Wildman–Crippen LogP) is 3.56. The summed E-state index contributed by atoms with van der Waals surface area (Å²) in [5.41, 5.74) is 0. The van der Waals surface area contributed by atoms with E-state index in [1.807, 2.05) is 11.8 Å². The average molecular weight is 507 g/mol. The van der Waals surface area contributed by atoms with Crippen molar-refractivity contribution >= 4 is 29.5 Å². The number of rotatable bonds is 14. The second kappa shape index (κ2) is 11.5. The van der Waals surface area contributed by atoms with Gasteiger partial charge < -0.3 is 19.6 Å². The van der Waals surface area contributed by atoms with Gasteiger partial charge in [-0.3, -0.25) is 14.4 Å². The van der Waals surface area contributed by atoms with Crippen LogP contribution in [-0.4, -0.2) is 80.6 Å². The summed E-state index contributed by atoms with van der Waals surface area (Å²) >= 11 is 1.67. The molecule has 8 heteroatoms. The van der Waals surface area contributed by atoms with Crippen LogP contribution in [0.25, 0.3) is 0 Å². The Morgan fingerprint density at radius 2 is 2.03 bits per heavy atom. The number of aliphatic hydroxyl groups is 1. The molecule has 3 heterocycles. The van der Waals surface area contributed by atoms with Crippen LogP contribution >= 0.6 is 11.8 Å². The van der Waals surface area contributed by atoms with E-state index in [4.69, 9.17) is 4.74 Å². The van der Waals surface area contributed by atoms with E-state index in [1.54, 1.807) is 22.7 Å². The van der Waals surface area contributed by atoms with Gasteiger partial charge in [0.05, 0.1) is 16.6 Å². The van der Waals surface area contributed by atoms with Gasteiger partial charge in [0.25, 0.3) is 0 Å². The van der Waals surface area contributed by atoms with E-state index in [-0.39, 0.29) is 37.0 Å². The van der Waals surface area contributed by atoms with Gasteiger partial charge in [0.15, 0.2) is 0 Å². The number of fused-ring (bicyclic) bond motifs is 1. The Labute approximate surface area is 214 Å². The maximum atomic E-state index is 14.3. The number of likely N-dealkylation sites (tertiary alicyclic amines) is 1. The summed E-state index contributed by atoms with van der Waals surface area (Å²) in [7, 11) is 0. The molecule has 3 rings (SSSR count). The van der Waals surface area contributed by atoms with Crippen molar-refractivity contribution in [2.75, 3.05) is 26.3 Å². The molecule has 2 bridgehead atoms. The fraction of sp³-hybridized carbons (Fsp3) is 0.741. The van der Waals surface area contributed by atoms with E-state index in [1.165, 1.54) is 6.08 Å². The molecule has 0 aromatic carbocycles. The van der Waals surface area contributed by atoms with Crippen molar-refractivity contribution in [2.45, 2.75) is 87.3 Å². The Hall–Kier alpha value is -1.80. The molecule has 2 amide bonds. The number of hydrogen-bond acceptors (Lipinski definition) is 6. The van der Waals surface area contributed by atoms with Gasteiger partial charge in [-0.25, -0.2) is 0 Å². The first-order valence-electron chi connectivity index (χ1n) is 13.0. The molecule has 196 valence electrons. The first-order valence-corrected chi connectivity index (χ1v) is 13.8. The van der Waals surface area contributed by atoms with Crippen LogP contribution in [0.5, 0.6) is 0 Å². The maximum absolute atomic E-state index is 14.3. The number of carbonyl (C=O) groups is 3. The highest BCUT2D eigenvalue weighted by Crippen LogP contribution is 2.71. The Morgan fingerprint density at radius 3 is 2.66 bits per heavy atom. The number of ether oxygens (including phenoxy) is 1. The first kappa shape index (κ1) is 27.8. The standard InChI is InChI=1S/C27H42N2O5S/c1-6-12-19(4)28(15-7-2)24(32)22-27-14-13-26(5,35-27)21(25(33)34-18-8-3)20(27)23(31)29(22)16-10-9-11-17-30/h7-8,19-22,30H,2-3,6,9-18H2,1,4-5H3/t19?,20-,21+,22?,26-,27?/m0/s1. The molecule has 3 fully saturated rings. The minimum atomic E-state index is -0.636. The molecule has 6 atom stereocenters. The van der Waals surface area contributed by atoms with E-state index >= 15 is 0 Å². The first-order chi connectivity index (χ1) is 16.7. The summed E-state index contributed by atoms with van der Waals surface area (Å²) in [6, 6.07) is -0.586. The minimum absolute atomic E-state index is 0.0276. The predicted molar refractivity (Wildman–Crippen MR) is 139 cm³/mol. The lowest BCUT2D eigenvalue weighted by Crippen LogP contribution is -2.56. The number of thioether (sulfide) groups is 1. The van der Waals surface area contributed by atoms with Gasteiger partial charge in [-0.1, -0.05) is 32.1 Å². The molecule has 7 nitrogen and oxygen atoms in total. The molecular formula is C27H42N2O5S. The number of nitrogens with zero attached hydrogens (tertiary/aromatic N) is 2. The van der Waals surface area contributed by atoms with Crippen molar-refractivity contribution < 1.29 is 24.2 Å². The third-order valence-corrected chi connectivity index (χ3v) is 10.00. The number of amides is 2. The quantitative estimate of drug-likeness (QED) is 0.220. The third kappa shape index (κ3) is 4.93. The average Bonchev–Trinajstić information content (AvgIpc) is 3.39. The minimum Gasteiger partial charge on any atom is -0.461 e. The van der Waals surface area contributed by atoms with Crippen molar-refractivity contribution in [3.8, 4) is 0 Å². The third-order valence-electron chi connectivity index (χ3n) is 8.01. The lowest BCUT2D eigenvalue weighted by molar-refractivity contribution is -0.154. The Balaban J connectivity index is 2.01. The zero-order chi connectivity index (χ0) is 25.8. The highest BCUT2D eigenvalue weighted by molar-refractivity contribution is 8.02. The van der Waals surface area contributed by atoms with Crippen LogP contribution in [0.1, 0.15) is 65.7 Å². The lowest BCUT2D eigenvalue weighted by atomic mass is 9.66. The van der Waals surface area contributed by atoms with Crippen LogP contribution < -0.4 is 0 Å². The molecular weight excluding hydrogens is 464 g/mol. The molecule has 1 spiro atoms. The van der Waals surface area contributed by atoms with Crippen molar-refractivity contribution in [1.82, 2.24) is 9.80 Å². The van der Waals surface area contributed by atoms with Gasteiger partial charge in [-0.2, -0.15) is 0 Å². The Kier molecular flexibility index (Phi) is 9.13. The summed E-state index contributed by atoms with van der Waals surface area (Å²) < 4.78 is 4.40. The number of aliphatic hydroxyl groups excluding tert-OH is 1. The van der Waals surface area contributed by atoms with Gasteiger partial charge >= 0.3 is 5.97 Å². The highest BCUT2D eigenvalue weighted by atomic mass is 32.2. The Bertz CT molecular complexity index is 834. The van der Waals surface area contributed by atoms with Crippen molar-refractivity contribution in [1.29, 1.82) is 0 Å². The molecule has 0 radical (unpaired) electrons. The van der Waals surface area contributed by atoms with Gasteiger partial charge in [0.2, 0.25) is 11.8 Å². The molecule has 1 N–H and O–H groups in total. The van der Waals surface area contributed by atoms with Gasteiger partial charge in [0.1, 0.15) is 12.6 Å². The summed E-state index contributed by atoms with van der Waals surface area (Å²) in [4.78, 5) is 45.1. The van der Waals surface area contributed by atoms with Crippen LogP contribution in [0.3, 0.4) is 0 Å². The molecule has 3 unspecified atom stereocenters. The second-order valence-electron chi connectivity index (χ2n) is 10.4. The Morgan fingerprint density at radius 1 is 1.29 bits per heavy atom. The zero-order valence-electron chi connectivity index (χ0n) is 21.5. The van der Waals surface area contributed by atoms with Crippen molar-refractivity contribution in [3.63, 3.8) is 0 Å². The number of hydrogen-bond donors (Lipinski definition) is 1. The van der Waals surface area contributed by atoms with Crippen LogP contribution in [0.4, 0.5) is 0 Å². The summed E-state index contributed by atoms with van der Waals surface area (Å²) in [6.45, 7) is 14.8. The van der Waals surface area contributed by atoms with Crippen LogP contribution in [0.2, 0.25) is 0 Å². The summed E-state index contributed by atoms with van der Waals surface area (Å²) in [5, 5.41) is 9.19. The van der Waals surface area contributed by atoms with Gasteiger partial charge in [0, 0.05) is 30.5 Å². The molecule has 0 aromatic rings. The van der Waals surface area contributed by atoms with E-state index in [0.717, 1.165) is 32.1 Å². The fourth-order valence-corrected chi connectivity index (χ4v) is 8.80. The monoisotopic (exact) mass is 506 g/mol. The van der Waals surface area contributed by atoms with E-state index in [2.05, 4.69) is 27.0 Å². The van der Waals surface area contributed by atoms with Gasteiger partial charge in [-0.15, -0.1) is 18.3 Å². The van der Waals surface area contributed by atoms with Crippen molar-refractivity contribution in [2.24, 2.45) is 11.8 Å². The van der Waals surface area contributed by atoms with E-state index < -0.39 is 27.4 Å². The number of esters is 1. The molecule has 0 saturated carbocycles.